The van der Waals surface area contributed by atoms with Crippen molar-refractivity contribution in [3.63, 3.8) is 0 Å². The maximum absolute atomic E-state index is 12.4. The summed E-state index contributed by atoms with van der Waals surface area (Å²) in [5, 5.41) is 0. The van der Waals surface area contributed by atoms with Crippen LogP contribution in [-0.2, 0) is 24.9 Å². The molecule has 2 aromatic rings. The molecule has 0 radical (unpaired) electrons. The van der Waals surface area contributed by atoms with Crippen molar-refractivity contribution in [3.05, 3.63) is 51.2 Å². The van der Waals surface area contributed by atoms with Crippen LogP contribution in [0.1, 0.15) is 43.4 Å². The Kier molecular flexibility index (Phi) is 5.05. The summed E-state index contributed by atoms with van der Waals surface area (Å²) < 4.78 is 10.8. The maximum Gasteiger partial charge on any atom is 0.254 e. The largest absolute Gasteiger partial charge is 0.497 e. The first kappa shape index (κ1) is 18.5. The summed E-state index contributed by atoms with van der Waals surface area (Å²) in [4.78, 5) is 22.4. The molecule has 0 aliphatic carbocycles. The SMILES string of the molecule is COc1ccc(OC)c(CN2CCc3c(nc(C(C)(C)C)[nH]c3=O)C2)c1. The van der Waals surface area contributed by atoms with Gasteiger partial charge in [0.1, 0.15) is 17.3 Å². The van der Waals surface area contributed by atoms with Gasteiger partial charge in [-0.2, -0.15) is 0 Å². The zero-order chi connectivity index (χ0) is 18.9. The van der Waals surface area contributed by atoms with E-state index in [1.54, 1.807) is 14.2 Å². The van der Waals surface area contributed by atoms with Gasteiger partial charge in [-0.15, -0.1) is 0 Å². The first-order valence-electron chi connectivity index (χ1n) is 8.87. The second-order valence-corrected chi connectivity index (χ2v) is 7.73. The van der Waals surface area contributed by atoms with Crippen molar-refractivity contribution in [2.45, 2.75) is 45.7 Å². The van der Waals surface area contributed by atoms with Gasteiger partial charge in [-0.1, -0.05) is 20.8 Å². The van der Waals surface area contributed by atoms with Gasteiger partial charge in [-0.05, 0) is 24.6 Å². The van der Waals surface area contributed by atoms with Crippen LogP contribution < -0.4 is 15.0 Å². The molecule has 0 saturated heterocycles. The van der Waals surface area contributed by atoms with Crippen molar-refractivity contribution >= 4 is 0 Å². The molecule has 2 heterocycles. The van der Waals surface area contributed by atoms with Crippen LogP contribution in [0.25, 0.3) is 0 Å². The second-order valence-electron chi connectivity index (χ2n) is 7.73. The molecule has 1 N–H and O–H groups in total. The van der Waals surface area contributed by atoms with Gasteiger partial charge in [0.2, 0.25) is 0 Å². The van der Waals surface area contributed by atoms with Crippen LogP contribution in [0.5, 0.6) is 11.5 Å². The third-order valence-corrected chi connectivity index (χ3v) is 4.74. The van der Waals surface area contributed by atoms with E-state index in [-0.39, 0.29) is 11.0 Å². The van der Waals surface area contributed by atoms with E-state index in [2.05, 4.69) is 30.7 Å². The number of hydrogen-bond acceptors (Lipinski definition) is 5. The van der Waals surface area contributed by atoms with E-state index < -0.39 is 0 Å². The Labute approximate surface area is 154 Å². The van der Waals surface area contributed by atoms with Crippen LogP contribution in [-0.4, -0.2) is 35.6 Å². The van der Waals surface area contributed by atoms with Crippen LogP contribution in [0, 0.1) is 0 Å². The van der Waals surface area contributed by atoms with E-state index in [1.807, 2.05) is 18.2 Å². The Balaban J connectivity index is 1.87. The summed E-state index contributed by atoms with van der Waals surface area (Å²) in [6.45, 7) is 8.35. The molecule has 1 aromatic carbocycles. The van der Waals surface area contributed by atoms with Gasteiger partial charge >= 0.3 is 0 Å². The first-order chi connectivity index (χ1) is 12.3. The first-order valence-corrected chi connectivity index (χ1v) is 8.87. The van der Waals surface area contributed by atoms with E-state index in [4.69, 9.17) is 14.5 Å². The fraction of sp³-hybridized carbons (Fsp3) is 0.500. The number of hydrogen-bond donors (Lipinski definition) is 1. The van der Waals surface area contributed by atoms with Gasteiger partial charge in [0.05, 0.1) is 19.9 Å². The van der Waals surface area contributed by atoms with Crippen LogP contribution in [0.2, 0.25) is 0 Å². The molecule has 0 fully saturated rings. The van der Waals surface area contributed by atoms with Crippen LogP contribution in [0.15, 0.2) is 23.0 Å². The Morgan fingerprint density at radius 2 is 2.00 bits per heavy atom. The van der Waals surface area contributed by atoms with E-state index in [0.717, 1.165) is 47.2 Å². The molecular weight excluding hydrogens is 330 g/mol. The molecule has 1 aliphatic heterocycles. The smallest absolute Gasteiger partial charge is 0.254 e. The number of benzene rings is 1. The third kappa shape index (κ3) is 3.75. The third-order valence-electron chi connectivity index (χ3n) is 4.74. The highest BCUT2D eigenvalue weighted by molar-refractivity contribution is 5.40. The van der Waals surface area contributed by atoms with E-state index >= 15 is 0 Å². The Hall–Kier alpha value is -2.34. The number of rotatable bonds is 4. The van der Waals surface area contributed by atoms with Crippen molar-refractivity contribution in [3.8, 4) is 11.5 Å². The predicted molar refractivity (Wildman–Crippen MR) is 101 cm³/mol. The van der Waals surface area contributed by atoms with Crippen molar-refractivity contribution in [2.24, 2.45) is 0 Å². The minimum atomic E-state index is -0.188. The van der Waals surface area contributed by atoms with Gasteiger partial charge in [0.25, 0.3) is 5.56 Å². The predicted octanol–water partition coefficient (Wildman–Crippen LogP) is 2.64. The summed E-state index contributed by atoms with van der Waals surface area (Å²) in [6, 6.07) is 5.82. The number of aromatic nitrogens is 2. The lowest BCUT2D eigenvalue weighted by Gasteiger charge is -2.29. The summed E-state index contributed by atoms with van der Waals surface area (Å²) in [5.41, 5.74) is 2.57. The molecule has 6 heteroatoms. The number of fused-ring (bicyclic) bond motifs is 1. The summed E-state index contributed by atoms with van der Waals surface area (Å²) >= 11 is 0. The molecule has 0 saturated carbocycles. The zero-order valence-corrected chi connectivity index (χ0v) is 16.2. The lowest BCUT2D eigenvalue weighted by atomic mass is 9.95. The standard InChI is InChI=1S/C20H27N3O3/c1-20(2,3)19-21-16-12-23(9-8-15(16)18(24)22-19)11-13-10-14(25-4)6-7-17(13)26-5/h6-7,10H,8-9,11-12H2,1-5H3,(H,21,22,24). The number of H-pyrrole nitrogens is 1. The molecule has 1 aromatic heterocycles. The topological polar surface area (TPSA) is 67.5 Å². The van der Waals surface area contributed by atoms with Crippen LogP contribution >= 0.6 is 0 Å². The molecule has 3 rings (SSSR count). The summed E-state index contributed by atoms with van der Waals surface area (Å²) in [6.07, 6.45) is 0.703. The molecule has 0 unspecified atom stereocenters. The highest BCUT2D eigenvalue weighted by Crippen LogP contribution is 2.27. The van der Waals surface area contributed by atoms with E-state index in [0.29, 0.717) is 13.0 Å². The Morgan fingerprint density at radius 1 is 1.23 bits per heavy atom. The highest BCUT2D eigenvalue weighted by atomic mass is 16.5. The fourth-order valence-electron chi connectivity index (χ4n) is 3.23. The number of nitrogens with one attached hydrogen (secondary N) is 1. The molecule has 6 nitrogen and oxygen atoms in total. The van der Waals surface area contributed by atoms with Crippen LogP contribution in [0.4, 0.5) is 0 Å². The Morgan fingerprint density at radius 3 is 2.65 bits per heavy atom. The second kappa shape index (κ2) is 7.11. The molecule has 26 heavy (non-hydrogen) atoms. The molecule has 140 valence electrons. The maximum atomic E-state index is 12.4. The number of ether oxygens (including phenoxy) is 2. The van der Waals surface area contributed by atoms with Gasteiger partial charge in [0, 0.05) is 36.2 Å². The van der Waals surface area contributed by atoms with Crippen molar-refractivity contribution in [1.29, 1.82) is 0 Å². The lowest BCUT2D eigenvalue weighted by Crippen LogP contribution is -2.36. The molecule has 0 spiro atoms. The fourth-order valence-corrected chi connectivity index (χ4v) is 3.23. The number of methoxy groups -OCH3 is 2. The normalized spacial score (nSPS) is 14.8. The molecule has 0 atom stereocenters. The van der Waals surface area contributed by atoms with Crippen LogP contribution in [0.3, 0.4) is 0 Å². The average Bonchev–Trinajstić information content (AvgIpc) is 2.60. The van der Waals surface area contributed by atoms with Crippen molar-refractivity contribution < 1.29 is 9.47 Å². The van der Waals surface area contributed by atoms with E-state index in [1.165, 1.54) is 0 Å². The van der Waals surface area contributed by atoms with Gasteiger partial charge < -0.3 is 14.5 Å². The minimum Gasteiger partial charge on any atom is -0.497 e. The van der Waals surface area contributed by atoms with Gasteiger partial charge in [-0.3, -0.25) is 9.69 Å². The monoisotopic (exact) mass is 357 g/mol. The number of aromatic amines is 1. The van der Waals surface area contributed by atoms with Gasteiger partial charge in [0.15, 0.2) is 0 Å². The Bertz CT molecular complexity index is 852. The molecular formula is C20H27N3O3. The van der Waals surface area contributed by atoms with Crippen molar-refractivity contribution in [2.75, 3.05) is 20.8 Å². The zero-order valence-electron chi connectivity index (χ0n) is 16.2. The molecule has 1 aliphatic rings. The lowest BCUT2D eigenvalue weighted by molar-refractivity contribution is 0.235. The number of nitrogens with zero attached hydrogens (tertiary/aromatic N) is 2. The highest BCUT2D eigenvalue weighted by Gasteiger charge is 2.25. The van der Waals surface area contributed by atoms with E-state index in [9.17, 15) is 4.79 Å². The quantitative estimate of drug-likeness (QED) is 0.911. The molecule has 0 amide bonds. The van der Waals surface area contributed by atoms with Gasteiger partial charge in [-0.25, -0.2) is 4.98 Å². The minimum absolute atomic E-state index is 0.00136. The summed E-state index contributed by atoms with van der Waals surface area (Å²) in [5.74, 6) is 2.38. The van der Waals surface area contributed by atoms with Crippen molar-refractivity contribution in [1.82, 2.24) is 14.9 Å². The summed E-state index contributed by atoms with van der Waals surface area (Å²) in [7, 11) is 3.33. The average molecular weight is 357 g/mol. The molecule has 0 bridgehead atoms.